The normalized spacial score (nSPS) is 29.7. The van der Waals surface area contributed by atoms with Gasteiger partial charge in [-0.05, 0) is 60.7 Å². The van der Waals surface area contributed by atoms with Crippen molar-refractivity contribution in [1.82, 2.24) is 4.90 Å². The van der Waals surface area contributed by atoms with Gasteiger partial charge in [0.2, 0.25) is 5.91 Å². The van der Waals surface area contributed by atoms with Gasteiger partial charge >= 0.3 is 5.97 Å². The van der Waals surface area contributed by atoms with Crippen LogP contribution in [0.2, 0.25) is 0 Å². The zero-order valence-electron chi connectivity index (χ0n) is 23.3. The molecule has 218 valence electrons. The molecule has 0 radical (unpaired) electrons. The van der Waals surface area contributed by atoms with Crippen molar-refractivity contribution >= 4 is 23.2 Å². The maximum Gasteiger partial charge on any atom is 0.352 e. The topological polar surface area (TPSA) is 94.9 Å². The van der Waals surface area contributed by atoms with Gasteiger partial charge in [-0.25, -0.2) is 4.79 Å². The van der Waals surface area contributed by atoms with Crippen LogP contribution >= 0.6 is 0 Å². The molecule has 2 bridgehead atoms. The van der Waals surface area contributed by atoms with Crippen LogP contribution in [-0.2, 0) is 16.1 Å². The third-order valence-corrected chi connectivity index (χ3v) is 10.5. The number of halogens is 2. The number of piperazine rings is 3. The van der Waals surface area contributed by atoms with Gasteiger partial charge < -0.3 is 48.9 Å². The minimum atomic E-state index is -1.15. The highest BCUT2D eigenvalue weighted by molar-refractivity contribution is 6.22. The van der Waals surface area contributed by atoms with Crippen LogP contribution in [-0.4, -0.2) is 99.7 Å². The highest BCUT2D eigenvalue weighted by atomic mass is 35.5. The van der Waals surface area contributed by atoms with Crippen LogP contribution in [0, 0.1) is 5.92 Å². The molecule has 1 amide bonds. The molecular formula is C31H35Cl2N3O5. The molecule has 1 aliphatic carbocycles. The first-order valence-corrected chi connectivity index (χ1v) is 14.2. The fourth-order valence-corrected chi connectivity index (χ4v) is 7.98. The first-order valence-electron chi connectivity index (χ1n) is 14.2. The molecule has 2 aromatic rings. The summed E-state index contributed by atoms with van der Waals surface area (Å²) >= 11 is 0. The summed E-state index contributed by atoms with van der Waals surface area (Å²) in [5.74, 6) is -2.07. The zero-order valence-corrected chi connectivity index (χ0v) is 24.8. The molecule has 0 unspecified atom stereocenters. The van der Waals surface area contributed by atoms with E-state index >= 15 is 0 Å². The third-order valence-electron chi connectivity index (χ3n) is 10.5. The highest BCUT2D eigenvalue weighted by Gasteiger charge is 2.57. The van der Waals surface area contributed by atoms with Gasteiger partial charge in [0.15, 0.2) is 5.78 Å². The number of carboxylic acid groups (broad SMARTS) is 1. The Morgan fingerprint density at radius 1 is 0.927 bits per heavy atom. The number of nitrogens with zero attached hydrogens (tertiary/aromatic N) is 3. The Hall–Kier alpha value is -2.75. The first-order chi connectivity index (χ1) is 18.7. The molecule has 2 N–H and O–H groups in total. The van der Waals surface area contributed by atoms with Gasteiger partial charge in [-0.3, -0.25) is 9.59 Å². The Balaban J connectivity index is 0.00000169. The number of hydrogen-bond donors (Lipinski definition) is 2. The van der Waals surface area contributed by atoms with Gasteiger partial charge in [0.25, 0.3) is 0 Å². The Morgan fingerprint density at radius 3 is 2.17 bits per heavy atom. The fourth-order valence-electron chi connectivity index (χ4n) is 7.98. The van der Waals surface area contributed by atoms with Crippen LogP contribution in [0.25, 0.3) is 16.7 Å². The maximum atomic E-state index is 13.5. The van der Waals surface area contributed by atoms with Crippen LogP contribution in [0.4, 0.5) is 0 Å². The van der Waals surface area contributed by atoms with Crippen LogP contribution in [0.1, 0.15) is 47.3 Å². The number of likely N-dealkylation sites (N-methyl/N-ethyl adjacent to an activating group) is 1. The molecule has 41 heavy (non-hydrogen) atoms. The fraction of sp³-hybridized carbons (Fsp3) is 0.452. The molecule has 2 aromatic carbocycles. The molecule has 5 aliphatic heterocycles. The lowest BCUT2D eigenvalue weighted by Crippen LogP contribution is -3.00. The third kappa shape index (κ3) is 4.26. The summed E-state index contributed by atoms with van der Waals surface area (Å²) in [7, 11) is 0. The average molecular weight is 601 g/mol. The number of carbonyl (C=O) groups excluding carboxylic acids is 2. The van der Waals surface area contributed by atoms with Crippen molar-refractivity contribution in [2.24, 2.45) is 5.92 Å². The van der Waals surface area contributed by atoms with Crippen molar-refractivity contribution < 1.29 is 58.4 Å². The smallest absolute Gasteiger partial charge is 0.352 e. The monoisotopic (exact) mass is 599 g/mol. The SMILES string of the molecule is CC[N+]12CC[N+](Cc3ccc4c(c3)C(=O)c3ccc(C5=C(C(=O)O)N6C(=O)[C@H]([C@@H](C)O)[C@H]6C5)cc3-4)(CC1)CC2.[Cl-].[Cl-]. The van der Waals surface area contributed by atoms with E-state index < -0.39 is 18.0 Å². The predicted octanol–water partition coefficient (Wildman–Crippen LogP) is -3.51. The van der Waals surface area contributed by atoms with E-state index in [0.29, 0.717) is 23.1 Å². The van der Waals surface area contributed by atoms with Crippen molar-refractivity contribution in [2.75, 3.05) is 45.8 Å². The first kappa shape index (κ1) is 29.7. The van der Waals surface area contributed by atoms with Crippen LogP contribution < -0.4 is 24.8 Å². The number of carboxylic acids is 1. The second-order valence-electron chi connectivity index (χ2n) is 12.3. The van der Waals surface area contributed by atoms with Crippen molar-refractivity contribution in [3.8, 4) is 11.1 Å². The molecule has 0 saturated carbocycles. The predicted molar refractivity (Wildman–Crippen MR) is 144 cm³/mol. The number of fused-ring (bicyclic) bond motifs is 7. The molecule has 0 spiro atoms. The van der Waals surface area contributed by atoms with E-state index in [0.717, 1.165) is 27.7 Å². The van der Waals surface area contributed by atoms with Crippen LogP contribution in [0.5, 0.6) is 0 Å². The Morgan fingerprint density at radius 2 is 1.56 bits per heavy atom. The number of aliphatic carboxylic acids is 1. The Kier molecular flexibility index (Phi) is 7.40. The van der Waals surface area contributed by atoms with Gasteiger partial charge in [0, 0.05) is 16.7 Å². The minimum Gasteiger partial charge on any atom is -1.00 e. The van der Waals surface area contributed by atoms with Gasteiger partial charge in [0.1, 0.15) is 51.5 Å². The molecule has 6 aliphatic rings. The number of hydrogen-bond acceptors (Lipinski definition) is 4. The number of carbonyl (C=O) groups is 3. The number of rotatable bonds is 6. The van der Waals surface area contributed by atoms with Crippen LogP contribution in [0.15, 0.2) is 42.1 Å². The second-order valence-corrected chi connectivity index (χ2v) is 12.3. The summed E-state index contributed by atoms with van der Waals surface area (Å²) < 4.78 is 2.37. The van der Waals surface area contributed by atoms with Crippen molar-refractivity contribution in [3.63, 3.8) is 0 Å². The number of aliphatic hydroxyl groups is 1. The Bertz CT molecular complexity index is 1480. The molecule has 4 saturated heterocycles. The van der Waals surface area contributed by atoms with E-state index in [9.17, 15) is 24.6 Å². The van der Waals surface area contributed by atoms with Crippen molar-refractivity contribution in [3.05, 3.63) is 64.3 Å². The minimum absolute atomic E-state index is 0. The highest BCUT2D eigenvalue weighted by Crippen LogP contribution is 2.48. The number of β-lactam (4-membered cyclic amide) rings is 1. The van der Waals surface area contributed by atoms with E-state index in [2.05, 4.69) is 25.1 Å². The number of benzene rings is 2. The number of quaternary nitrogens is 2. The van der Waals surface area contributed by atoms with Gasteiger partial charge in [-0.15, -0.1) is 0 Å². The Labute approximate surface area is 252 Å². The summed E-state index contributed by atoms with van der Waals surface area (Å²) in [4.78, 5) is 39.6. The summed E-state index contributed by atoms with van der Waals surface area (Å²) in [5.41, 5.74) is 5.54. The largest absolute Gasteiger partial charge is 1.00 e. The lowest BCUT2D eigenvalue weighted by Gasteiger charge is -2.55. The van der Waals surface area contributed by atoms with E-state index in [4.69, 9.17) is 0 Å². The van der Waals surface area contributed by atoms with Crippen molar-refractivity contribution in [2.45, 2.75) is 39.0 Å². The molecule has 8 rings (SSSR count). The standard InChI is InChI=1S/C31H34N3O5.2ClH/c1-3-33-8-11-34(12-9-33,13-10-33)17-19-4-6-21-24-15-20(5-7-22(24)29(36)25(21)14-19)23-16-26-27(18(2)35)30(37)32(26)28(23)31(38)39;;/h4-7,14-15,18,26-27,35H,3,8-13,16-17H2,1-2H3;2*1H/q+1;;/p-1/t18-,26-,27-,33?,34?;;/m1../s1. The maximum absolute atomic E-state index is 13.5. The van der Waals surface area contributed by atoms with Crippen molar-refractivity contribution in [1.29, 1.82) is 0 Å². The summed E-state index contributed by atoms with van der Waals surface area (Å²) in [5, 5.41) is 20.0. The van der Waals surface area contributed by atoms with E-state index in [-0.39, 0.29) is 48.2 Å². The lowest BCUT2D eigenvalue weighted by molar-refractivity contribution is -1.09. The average Bonchev–Trinajstić information content (AvgIpc) is 3.41. The number of amides is 1. The quantitative estimate of drug-likeness (QED) is 0.226. The molecule has 3 atom stereocenters. The lowest BCUT2D eigenvalue weighted by atomic mass is 9.82. The number of aliphatic hydroxyl groups excluding tert-OH is 1. The van der Waals surface area contributed by atoms with Crippen LogP contribution in [0.3, 0.4) is 0 Å². The molecule has 5 heterocycles. The summed E-state index contributed by atoms with van der Waals surface area (Å²) in [6.45, 7) is 13.4. The molecule has 4 fully saturated rings. The number of ketones is 1. The molecule has 0 aromatic heterocycles. The zero-order chi connectivity index (χ0) is 27.3. The molecule has 10 heteroatoms. The summed E-state index contributed by atoms with van der Waals surface area (Å²) in [6.07, 6.45) is -0.458. The van der Waals surface area contributed by atoms with E-state index in [1.165, 1.54) is 60.8 Å². The molecule has 8 nitrogen and oxygen atoms in total. The van der Waals surface area contributed by atoms with Gasteiger partial charge in [-0.2, -0.15) is 0 Å². The van der Waals surface area contributed by atoms with E-state index in [1.807, 2.05) is 6.07 Å². The summed E-state index contributed by atoms with van der Waals surface area (Å²) in [6, 6.07) is 11.4. The van der Waals surface area contributed by atoms with Gasteiger partial charge in [-0.1, -0.05) is 18.2 Å². The van der Waals surface area contributed by atoms with E-state index in [1.54, 1.807) is 19.1 Å². The van der Waals surface area contributed by atoms with Gasteiger partial charge in [0.05, 0.1) is 24.6 Å². The molecular weight excluding hydrogens is 565 g/mol. The second kappa shape index (κ2) is 10.2.